The van der Waals surface area contributed by atoms with Crippen LogP contribution in [0, 0.1) is 0 Å². The molecule has 0 fully saturated rings. The molecule has 0 N–H and O–H groups in total. The predicted molar refractivity (Wildman–Crippen MR) is 86.3 cm³/mol. The van der Waals surface area contributed by atoms with Gasteiger partial charge in [-0.25, -0.2) is 4.98 Å². The fraction of sp³-hybridized carbons (Fsp3) is 0.333. The van der Waals surface area contributed by atoms with Crippen LogP contribution in [0.1, 0.15) is 19.0 Å². The maximum Gasteiger partial charge on any atom is 0.175 e. The van der Waals surface area contributed by atoms with E-state index in [4.69, 9.17) is 9.47 Å². The number of aliphatic carboxylic acids is 1. The van der Waals surface area contributed by atoms with Gasteiger partial charge in [-0.3, -0.25) is 0 Å². The van der Waals surface area contributed by atoms with E-state index in [-0.39, 0.29) is 6.42 Å². The van der Waals surface area contributed by atoms with Crippen molar-refractivity contribution in [2.75, 3.05) is 13.7 Å². The summed E-state index contributed by atoms with van der Waals surface area (Å²) in [6, 6.07) is 3.71. The molecule has 1 aromatic carbocycles. The van der Waals surface area contributed by atoms with E-state index < -0.39 is 5.97 Å². The highest BCUT2D eigenvalue weighted by atomic mass is 79.9. The largest absolute Gasteiger partial charge is 0.550 e. The first-order valence-corrected chi connectivity index (χ1v) is 8.37. The highest BCUT2D eigenvalue weighted by molar-refractivity contribution is 9.10. The number of aromatic nitrogens is 1. The third-order valence-electron chi connectivity index (χ3n) is 2.80. The lowest BCUT2D eigenvalue weighted by Gasteiger charge is -2.13. The van der Waals surface area contributed by atoms with Crippen LogP contribution in [0.2, 0.25) is 0 Å². The molecule has 0 amide bonds. The fourth-order valence-electron chi connectivity index (χ4n) is 1.86. The highest BCUT2D eigenvalue weighted by Gasteiger charge is 2.14. The van der Waals surface area contributed by atoms with E-state index in [0.717, 1.165) is 21.5 Å². The third-order valence-corrected chi connectivity index (χ3v) is 4.33. The Bertz CT molecular complexity index is 672. The molecule has 0 bridgehead atoms. The zero-order valence-electron chi connectivity index (χ0n) is 12.2. The Hall–Kier alpha value is -1.60. The number of benzene rings is 1. The van der Waals surface area contributed by atoms with E-state index in [1.165, 1.54) is 11.3 Å². The van der Waals surface area contributed by atoms with Gasteiger partial charge in [0.15, 0.2) is 11.5 Å². The number of nitrogens with zero attached hydrogens (tertiary/aromatic N) is 1. The molecule has 0 saturated carbocycles. The van der Waals surface area contributed by atoms with Crippen molar-refractivity contribution in [2.45, 2.75) is 19.8 Å². The molecular weight excluding hydrogens is 370 g/mol. The molecule has 0 aliphatic rings. The van der Waals surface area contributed by atoms with Crippen LogP contribution in [0.5, 0.6) is 11.5 Å². The third kappa shape index (κ3) is 3.98. The number of carbonyl (C=O) groups is 1. The SMILES string of the molecule is CCCOc1c(Br)cc(-c2nc(CC(=O)[O-])cs2)cc1OC. The standard InChI is InChI=1S/C15H16BrNO4S/c1-3-4-21-14-11(16)5-9(6-12(14)20-2)15-17-10(8-22-15)7-13(18)19/h5-6,8H,3-4,7H2,1-2H3,(H,18,19)/p-1. The summed E-state index contributed by atoms with van der Waals surface area (Å²) in [6.07, 6.45) is 0.711. The van der Waals surface area contributed by atoms with Crippen LogP contribution >= 0.6 is 27.3 Å². The number of rotatable bonds is 7. The molecule has 7 heteroatoms. The fourth-order valence-corrected chi connectivity index (χ4v) is 3.22. The molecule has 118 valence electrons. The van der Waals surface area contributed by atoms with Crippen LogP contribution in [0.4, 0.5) is 0 Å². The molecule has 0 spiro atoms. The van der Waals surface area contributed by atoms with Gasteiger partial charge in [-0.15, -0.1) is 11.3 Å². The Kier molecular flexibility index (Phi) is 5.79. The van der Waals surface area contributed by atoms with E-state index >= 15 is 0 Å². The lowest BCUT2D eigenvalue weighted by atomic mass is 10.2. The average molecular weight is 385 g/mol. The molecule has 0 unspecified atom stereocenters. The van der Waals surface area contributed by atoms with Gasteiger partial charge in [0.1, 0.15) is 5.01 Å². The number of methoxy groups -OCH3 is 1. The topological polar surface area (TPSA) is 71.5 Å². The Labute approximate surface area is 141 Å². The Morgan fingerprint density at radius 1 is 1.45 bits per heavy atom. The Morgan fingerprint density at radius 3 is 2.86 bits per heavy atom. The summed E-state index contributed by atoms with van der Waals surface area (Å²) in [5.74, 6) is 0.119. The first kappa shape index (κ1) is 16.8. The molecule has 5 nitrogen and oxygen atoms in total. The van der Waals surface area contributed by atoms with Gasteiger partial charge in [-0.1, -0.05) is 6.92 Å². The summed E-state index contributed by atoms with van der Waals surface area (Å²) in [4.78, 5) is 14.9. The smallest absolute Gasteiger partial charge is 0.175 e. The van der Waals surface area contributed by atoms with Crippen LogP contribution < -0.4 is 14.6 Å². The maximum absolute atomic E-state index is 10.6. The normalized spacial score (nSPS) is 10.5. The minimum absolute atomic E-state index is 0.188. The van der Waals surface area contributed by atoms with Crippen molar-refractivity contribution in [3.8, 4) is 22.1 Å². The van der Waals surface area contributed by atoms with Crippen LogP contribution in [0.3, 0.4) is 0 Å². The van der Waals surface area contributed by atoms with Gasteiger partial charge < -0.3 is 19.4 Å². The zero-order chi connectivity index (χ0) is 16.1. The summed E-state index contributed by atoms with van der Waals surface area (Å²) in [7, 11) is 1.58. The van der Waals surface area contributed by atoms with E-state index in [2.05, 4.69) is 20.9 Å². The highest BCUT2D eigenvalue weighted by Crippen LogP contribution is 2.40. The van der Waals surface area contributed by atoms with Gasteiger partial charge >= 0.3 is 0 Å². The van der Waals surface area contributed by atoms with Crippen LogP contribution in [0.25, 0.3) is 10.6 Å². The van der Waals surface area contributed by atoms with E-state index in [1.807, 2.05) is 19.1 Å². The van der Waals surface area contributed by atoms with Crippen molar-refractivity contribution < 1.29 is 19.4 Å². The lowest BCUT2D eigenvalue weighted by Crippen LogP contribution is -2.24. The lowest BCUT2D eigenvalue weighted by molar-refractivity contribution is -0.304. The van der Waals surface area contributed by atoms with E-state index in [0.29, 0.717) is 23.8 Å². The Balaban J connectivity index is 2.33. The molecule has 2 aromatic rings. The number of halogens is 1. The zero-order valence-corrected chi connectivity index (χ0v) is 14.6. The molecule has 0 aliphatic heterocycles. The number of carbonyl (C=O) groups excluding carboxylic acids is 1. The second kappa shape index (κ2) is 7.60. The van der Waals surface area contributed by atoms with Gasteiger partial charge in [-0.2, -0.15) is 0 Å². The number of ether oxygens (including phenoxy) is 2. The minimum Gasteiger partial charge on any atom is -0.550 e. The van der Waals surface area contributed by atoms with Crippen molar-refractivity contribution in [3.63, 3.8) is 0 Å². The van der Waals surface area contributed by atoms with E-state index in [9.17, 15) is 9.90 Å². The summed E-state index contributed by atoms with van der Waals surface area (Å²) >= 11 is 4.86. The molecule has 0 saturated heterocycles. The van der Waals surface area contributed by atoms with Crippen molar-refractivity contribution in [1.82, 2.24) is 4.98 Å². The monoisotopic (exact) mass is 384 g/mol. The minimum atomic E-state index is -1.14. The van der Waals surface area contributed by atoms with Gasteiger partial charge in [0.2, 0.25) is 0 Å². The molecule has 0 atom stereocenters. The first-order valence-electron chi connectivity index (χ1n) is 6.70. The number of carboxylic acids is 1. The molecule has 1 aromatic heterocycles. The molecule has 0 radical (unpaired) electrons. The number of hydrogen-bond donors (Lipinski definition) is 0. The molecule has 1 heterocycles. The molecular formula is C15H15BrNO4S-. The van der Waals surface area contributed by atoms with E-state index in [1.54, 1.807) is 12.5 Å². The molecule has 2 rings (SSSR count). The van der Waals surface area contributed by atoms with Crippen molar-refractivity contribution >= 4 is 33.2 Å². The quantitative estimate of drug-likeness (QED) is 0.733. The van der Waals surface area contributed by atoms with Gasteiger partial charge in [0.25, 0.3) is 0 Å². The van der Waals surface area contributed by atoms with Gasteiger partial charge in [0, 0.05) is 23.3 Å². The van der Waals surface area contributed by atoms with Gasteiger partial charge in [0.05, 0.1) is 23.9 Å². The number of hydrogen-bond acceptors (Lipinski definition) is 6. The summed E-state index contributed by atoms with van der Waals surface area (Å²) in [6.45, 7) is 2.63. The molecule has 0 aliphatic carbocycles. The predicted octanol–water partition coefficient (Wildman–Crippen LogP) is 2.66. The second-order valence-corrected chi connectivity index (χ2v) is 6.24. The summed E-state index contributed by atoms with van der Waals surface area (Å²) in [5.41, 5.74) is 1.32. The maximum atomic E-state index is 10.6. The van der Waals surface area contributed by atoms with Crippen LogP contribution in [-0.4, -0.2) is 24.7 Å². The summed E-state index contributed by atoms with van der Waals surface area (Å²) in [5, 5.41) is 13.1. The summed E-state index contributed by atoms with van der Waals surface area (Å²) < 4.78 is 11.8. The van der Waals surface area contributed by atoms with Crippen molar-refractivity contribution in [2.24, 2.45) is 0 Å². The molecule has 22 heavy (non-hydrogen) atoms. The van der Waals surface area contributed by atoms with Crippen molar-refractivity contribution in [1.29, 1.82) is 0 Å². The number of carboxylic acid groups (broad SMARTS) is 1. The second-order valence-electron chi connectivity index (χ2n) is 4.53. The van der Waals surface area contributed by atoms with Gasteiger partial charge in [-0.05, 0) is 34.5 Å². The first-order chi connectivity index (χ1) is 10.5. The van der Waals surface area contributed by atoms with Crippen molar-refractivity contribution in [3.05, 3.63) is 27.7 Å². The Morgan fingerprint density at radius 2 is 2.23 bits per heavy atom. The van der Waals surface area contributed by atoms with Crippen LogP contribution in [-0.2, 0) is 11.2 Å². The number of thiazole rings is 1. The average Bonchev–Trinajstić information content (AvgIpc) is 2.93. The van der Waals surface area contributed by atoms with Crippen LogP contribution in [0.15, 0.2) is 22.0 Å².